The van der Waals surface area contributed by atoms with Gasteiger partial charge in [0.15, 0.2) is 0 Å². The Kier molecular flexibility index (Phi) is 5.72. The summed E-state index contributed by atoms with van der Waals surface area (Å²) in [6.45, 7) is 11.1. The number of carbonyl (C=O) groups excluding carboxylic acids is 1. The van der Waals surface area contributed by atoms with Crippen LogP contribution in [-0.4, -0.2) is 34.5 Å². The molecule has 1 rings (SSSR count). The molecular formula is C15H28BrNO2. The minimum absolute atomic E-state index is 0.150. The van der Waals surface area contributed by atoms with Crippen LogP contribution < -0.4 is 0 Å². The van der Waals surface area contributed by atoms with Gasteiger partial charge in [0, 0.05) is 17.9 Å². The van der Waals surface area contributed by atoms with E-state index in [1.54, 1.807) is 0 Å². The molecule has 0 aromatic carbocycles. The van der Waals surface area contributed by atoms with Crippen LogP contribution in [0.5, 0.6) is 0 Å². The van der Waals surface area contributed by atoms with Crippen molar-refractivity contribution in [1.82, 2.24) is 4.90 Å². The van der Waals surface area contributed by atoms with Gasteiger partial charge in [-0.25, -0.2) is 4.79 Å². The van der Waals surface area contributed by atoms with Crippen LogP contribution in [0, 0.1) is 5.41 Å². The van der Waals surface area contributed by atoms with E-state index in [9.17, 15) is 4.79 Å². The Morgan fingerprint density at radius 1 is 1.26 bits per heavy atom. The molecule has 1 fully saturated rings. The Labute approximate surface area is 126 Å². The Balaban J connectivity index is 2.70. The molecule has 0 aromatic heterocycles. The number of hydrogen-bond donors (Lipinski definition) is 0. The molecule has 1 heterocycles. The summed E-state index contributed by atoms with van der Waals surface area (Å²) in [5, 5.41) is 0.957. The van der Waals surface area contributed by atoms with Gasteiger partial charge in [-0.3, -0.25) is 0 Å². The lowest BCUT2D eigenvalue weighted by Gasteiger charge is -2.40. The third kappa shape index (κ3) is 5.72. The summed E-state index contributed by atoms with van der Waals surface area (Å²) in [5.41, 5.74) is -0.202. The summed E-state index contributed by atoms with van der Waals surface area (Å²) in [5.74, 6) is 0. The Morgan fingerprint density at radius 2 is 1.89 bits per heavy atom. The fourth-order valence-electron chi connectivity index (χ4n) is 2.47. The topological polar surface area (TPSA) is 29.5 Å². The lowest BCUT2D eigenvalue weighted by atomic mass is 9.84. The first-order valence-electron chi connectivity index (χ1n) is 7.20. The largest absolute Gasteiger partial charge is 0.444 e. The average Bonchev–Trinajstić information content (AvgIpc) is 2.27. The highest BCUT2D eigenvalue weighted by molar-refractivity contribution is 9.09. The van der Waals surface area contributed by atoms with E-state index in [0.29, 0.717) is 6.04 Å². The molecule has 1 atom stereocenters. The van der Waals surface area contributed by atoms with Crippen molar-refractivity contribution in [3.8, 4) is 0 Å². The molecule has 0 spiro atoms. The second kappa shape index (κ2) is 6.47. The van der Waals surface area contributed by atoms with Crippen LogP contribution in [-0.2, 0) is 4.74 Å². The first-order valence-corrected chi connectivity index (χ1v) is 8.32. The Hall–Kier alpha value is -0.250. The molecule has 0 radical (unpaired) electrons. The van der Waals surface area contributed by atoms with Crippen molar-refractivity contribution in [2.75, 3.05) is 11.9 Å². The highest BCUT2D eigenvalue weighted by atomic mass is 79.9. The van der Waals surface area contributed by atoms with Gasteiger partial charge >= 0.3 is 6.09 Å². The van der Waals surface area contributed by atoms with E-state index >= 15 is 0 Å². The summed E-state index contributed by atoms with van der Waals surface area (Å²) in [6, 6.07) is 0.316. The van der Waals surface area contributed by atoms with Crippen LogP contribution in [0.15, 0.2) is 0 Å². The minimum atomic E-state index is -0.413. The van der Waals surface area contributed by atoms with Crippen LogP contribution in [0.1, 0.15) is 60.3 Å². The third-order valence-corrected chi connectivity index (χ3v) is 4.92. The van der Waals surface area contributed by atoms with Crippen molar-refractivity contribution in [3.05, 3.63) is 0 Å². The summed E-state index contributed by atoms with van der Waals surface area (Å²) in [6.07, 6.45) is 4.27. The number of nitrogens with zero attached hydrogens (tertiary/aromatic N) is 1. The maximum Gasteiger partial charge on any atom is 0.410 e. The van der Waals surface area contributed by atoms with E-state index in [-0.39, 0.29) is 11.5 Å². The van der Waals surface area contributed by atoms with Gasteiger partial charge in [-0.15, -0.1) is 0 Å². The summed E-state index contributed by atoms with van der Waals surface area (Å²) in [4.78, 5) is 14.2. The molecule has 0 N–H and O–H groups in total. The highest BCUT2D eigenvalue weighted by Crippen LogP contribution is 2.32. The zero-order valence-electron chi connectivity index (χ0n) is 13.0. The highest BCUT2D eigenvalue weighted by Gasteiger charge is 2.33. The van der Waals surface area contributed by atoms with Crippen LogP contribution in [0.2, 0.25) is 0 Å². The van der Waals surface area contributed by atoms with Crippen LogP contribution in [0.25, 0.3) is 0 Å². The molecule has 0 aromatic rings. The predicted molar refractivity (Wildman–Crippen MR) is 82.8 cm³/mol. The summed E-state index contributed by atoms with van der Waals surface area (Å²) >= 11 is 3.57. The lowest BCUT2D eigenvalue weighted by Crippen LogP contribution is -2.47. The number of alkyl halides is 1. The van der Waals surface area contributed by atoms with E-state index in [0.717, 1.165) is 31.1 Å². The first kappa shape index (κ1) is 16.8. The van der Waals surface area contributed by atoms with Crippen LogP contribution in [0.4, 0.5) is 4.79 Å². The first-order chi connectivity index (χ1) is 8.64. The smallest absolute Gasteiger partial charge is 0.410 e. The number of hydrogen-bond acceptors (Lipinski definition) is 2. The molecule has 112 valence electrons. The number of ether oxygens (including phenoxy) is 1. The molecule has 1 saturated heterocycles. The standard InChI is InChI=1S/C15H28BrNO2/c1-14(2,3)19-13(18)17-9-7-6-8-12(17)10-15(4,5)11-16/h12H,6-11H2,1-5H3. The fraction of sp³-hybridized carbons (Fsp3) is 0.933. The zero-order chi connectivity index (χ0) is 14.7. The molecule has 0 bridgehead atoms. The van der Waals surface area contributed by atoms with Crippen molar-refractivity contribution in [1.29, 1.82) is 0 Å². The van der Waals surface area contributed by atoms with Crippen molar-refractivity contribution in [2.24, 2.45) is 5.41 Å². The lowest BCUT2D eigenvalue weighted by molar-refractivity contribution is 0.00514. The van der Waals surface area contributed by atoms with Gasteiger partial charge in [0.05, 0.1) is 0 Å². The van der Waals surface area contributed by atoms with Gasteiger partial charge < -0.3 is 9.64 Å². The second-order valence-electron chi connectivity index (χ2n) is 7.33. The van der Waals surface area contributed by atoms with Crippen LogP contribution >= 0.6 is 15.9 Å². The number of rotatable bonds is 3. The average molecular weight is 334 g/mol. The molecule has 1 aliphatic rings. The quantitative estimate of drug-likeness (QED) is 0.707. The van der Waals surface area contributed by atoms with Crippen LogP contribution in [0.3, 0.4) is 0 Å². The monoisotopic (exact) mass is 333 g/mol. The second-order valence-corrected chi connectivity index (χ2v) is 7.89. The molecule has 1 unspecified atom stereocenters. The predicted octanol–water partition coefficient (Wildman–Crippen LogP) is 4.59. The number of piperidine rings is 1. The van der Waals surface area contributed by atoms with E-state index in [2.05, 4.69) is 29.8 Å². The zero-order valence-corrected chi connectivity index (χ0v) is 14.5. The molecule has 3 nitrogen and oxygen atoms in total. The maximum absolute atomic E-state index is 12.3. The van der Waals surface area contributed by atoms with Crippen molar-refractivity contribution in [3.63, 3.8) is 0 Å². The number of halogens is 1. The maximum atomic E-state index is 12.3. The van der Waals surface area contributed by atoms with Gasteiger partial charge in [-0.2, -0.15) is 0 Å². The third-order valence-electron chi connectivity index (χ3n) is 3.41. The molecule has 1 aliphatic heterocycles. The van der Waals surface area contributed by atoms with E-state index < -0.39 is 5.60 Å². The minimum Gasteiger partial charge on any atom is -0.444 e. The van der Waals surface area contributed by atoms with Crippen molar-refractivity contribution < 1.29 is 9.53 Å². The molecule has 19 heavy (non-hydrogen) atoms. The van der Waals surface area contributed by atoms with E-state index in [1.807, 2.05) is 25.7 Å². The number of likely N-dealkylation sites (tertiary alicyclic amines) is 1. The van der Waals surface area contributed by atoms with Gasteiger partial charge in [-0.05, 0) is 51.9 Å². The SMILES string of the molecule is CC(C)(CBr)CC1CCCCN1C(=O)OC(C)(C)C. The Morgan fingerprint density at radius 3 is 2.42 bits per heavy atom. The van der Waals surface area contributed by atoms with Gasteiger partial charge in [0.1, 0.15) is 5.60 Å². The molecule has 4 heteroatoms. The summed E-state index contributed by atoms with van der Waals surface area (Å²) < 4.78 is 5.53. The number of amides is 1. The molecule has 1 amide bonds. The van der Waals surface area contributed by atoms with E-state index in [1.165, 1.54) is 6.42 Å². The van der Waals surface area contributed by atoms with Crippen molar-refractivity contribution >= 4 is 22.0 Å². The van der Waals surface area contributed by atoms with Gasteiger partial charge in [-0.1, -0.05) is 29.8 Å². The molecule has 0 aliphatic carbocycles. The van der Waals surface area contributed by atoms with Gasteiger partial charge in [0.25, 0.3) is 0 Å². The number of carbonyl (C=O) groups is 1. The Bertz CT molecular complexity index is 310. The summed E-state index contributed by atoms with van der Waals surface area (Å²) in [7, 11) is 0. The molecule has 0 saturated carbocycles. The van der Waals surface area contributed by atoms with E-state index in [4.69, 9.17) is 4.74 Å². The fourth-order valence-corrected chi connectivity index (χ4v) is 2.70. The normalized spacial score (nSPS) is 21.4. The van der Waals surface area contributed by atoms with Crippen molar-refractivity contribution in [2.45, 2.75) is 71.9 Å². The van der Waals surface area contributed by atoms with Gasteiger partial charge in [0.2, 0.25) is 0 Å². The molecular weight excluding hydrogens is 306 g/mol.